The largest absolute Gasteiger partial charge is 0.382 e. The maximum absolute atomic E-state index is 6.01. The maximum Gasteiger partial charge on any atom is 0.201 e. The molecule has 5 nitrogen and oxygen atoms in total. The number of imidazole rings is 1. The van der Waals surface area contributed by atoms with Crippen LogP contribution in [-0.4, -0.2) is 36.5 Å². The molecule has 0 aliphatic heterocycles. The van der Waals surface area contributed by atoms with Gasteiger partial charge in [-0.2, -0.15) is 0 Å². The topological polar surface area (TPSA) is 62.3 Å². The van der Waals surface area contributed by atoms with Crippen LogP contribution >= 0.6 is 0 Å². The minimum absolute atomic E-state index is 0.592. The first-order valence-electron chi connectivity index (χ1n) is 7.02. The molecule has 1 aromatic heterocycles. The lowest BCUT2D eigenvalue weighted by atomic mass is 10.2. The van der Waals surface area contributed by atoms with Gasteiger partial charge in [0.2, 0.25) is 5.95 Å². The molecule has 0 amide bonds. The standard InChI is InChI=1S/C15H23N3O2/c1-12-6-5-7-13-14(12)17-15(16)18(13)8-3-4-9-20-11-10-19-2/h5-7H,3-4,8-11H2,1-2H3,(H2,16,17). The van der Waals surface area contributed by atoms with Gasteiger partial charge >= 0.3 is 0 Å². The van der Waals surface area contributed by atoms with Crippen molar-refractivity contribution in [3.8, 4) is 0 Å². The van der Waals surface area contributed by atoms with Gasteiger partial charge in [0.1, 0.15) is 0 Å². The number of aryl methyl sites for hydroxylation is 2. The molecule has 0 aliphatic carbocycles. The van der Waals surface area contributed by atoms with Crippen molar-refractivity contribution >= 4 is 17.0 Å². The summed E-state index contributed by atoms with van der Waals surface area (Å²) in [5.41, 5.74) is 9.28. The Kier molecular flexibility index (Phi) is 5.38. The number of hydrogen-bond donors (Lipinski definition) is 1. The van der Waals surface area contributed by atoms with Gasteiger partial charge in [-0.25, -0.2) is 4.98 Å². The molecule has 1 aromatic carbocycles. The van der Waals surface area contributed by atoms with Crippen molar-refractivity contribution in [2.24, 2.45) is 0 Å². The number of hydrogen-bond acceptors (Lipinski definition) is 4. The summed E-state index contributed by atoms with van der Waals surface area (Å²) in [5, 5.41) is 0. The van der Waals surface area contributed by atoms with E-state index in [1.165, 1.54) is 0 Å². The lowest BCUT2D eigenvalue weighted by Gasteiger charge is -2.07. The highest BCUT2D eigenvalue weighted by atomic mass is 16.5. The quantitative estimate of drug-likeness (QED) is 0.752. The van der Waals surface area contributed by atoms with E-state index in [2.05, 4.69) is 28.6 Å². The normalized spacial score (nSPS) is 11.3. The molecule has 5 heteroatoms. The average Bonchev–Trinajstić information content (AvgIpc) is 2.76. The second kappa shape index (κ2) is 7.26. The fourth-order valence-corrected chi connectivity index (χ4v) is 2.26. The van der Waals surface area contributed by atoms with Crippen LogP contribution in [0.2, 0.25) is 0 Å². The lowest BCUT2D eigenvalue weighted by Crippen LogP contribution is -2.06. The minimum Gasteiger partial charge on any atom is -0.382 e. The average molecular weight is 277 g/mol. The van der Waals surface area contributed by atoms with Crippen molar-refractivity contribution in [3.63, 3.8) is 0 Å². The maximum atomic E-state index is 6.01. The first-order valence-corrected chi connectivity index (χ1v) is 7.02. The molecular formula is C15H23N3O2. The van der Waals surface area contributed by atoms with Gasteiger partial charge in [0.05, 0.1) is 24.2 Å². The molecule has 0 aliphatic rings. The van der Waals surface area contributed by atoms with Gasteiger partial charge in [0.25, 0.3) is 0 Å². The van der Waals surface area contributed by atoms with Crippen molar-refractivity contribution in [1.82, 2.24) is 9.55 Å². The van der Waals surface area contributed by atoms with Gasteiger partial charge in [-0.15, -0.1) is 0 Å². The second-order valence-corrected chi connectivity index (χ2v) is 4.88. The molecule has 1 heterocycles. The van der Waals surface area contributed by atoms with E-state index in [9.17, 15) is 0 Å². The number of anilines is 1. The van der Waals surface area contributed by atoms with Crippen molar-refractivity contribution in [3.05, 3.63) is 23.8 Å². The molecule has 2 rings (SSSR count). The number of fused-ring (bicyclic) bond motifs is 1. The molecule has 0 saturated carbocycles. The Labute approximate surface area is 119 Å². The van der Waals surface area contributed by atoms with Crippen molar-refractivity contribution in [1.29, 1.82) is 0 Å². The molecule has 0 saturated heterocycles. The van der Waals surface area contributed by atoms with Crippen LogP contribution in [0.1, 0.15) is 18.4 Å². The van der Waals surface area contributed by atoms with Crippen LogP contribution in [0, 0.1) is 6.92 Å². The third-order valence-electron chi connectivity index (χ3n) is 3.36. The summed E-state index contributed by atoms with van der Waals surface area (Å²) in [4.78, 5) is 4.45. The molecule has 0 bridgehead atoms. The van der Waals surface area contributed by atoms with Gasteiger partial charge in [-0.3, -0.25) is 0 Å². The molecule has 2 N–H and O–H groups in total. The predicted molar refractivity (Wildman–Crippen MR) is 80.8 cm³/mol. The second-order valence-electron chi connectivity index (χ2n) is 4.88. The number of benzene rings is 1. The first kappa shape index (κ1) is 14.8. The van der Waals surface area contributed by atoms with Crippen LogP contribution < -0.4 is 5.73 Å². The molecule has 0 spiro atoms. The van der Waals surface area contributed by atoms with E-state index >= 15 is 0 Å². The number of unbranched alkanes of at least 4 members (excludes halogenated alkanes) is 1. The van der Waals surface area contributed by atoms with E-state index in [0.717, 1.165) is 42.6 Å². The van der Waals surface area contributed by atoms with Crippen LogP contribution in [0.25, 0.3) is 11.0 Å². The Morgan fingerprint density at radius 1 is 1.20 bits per heavy atom. The summed E-state index contributed by atoms with van der Waals surface area (Å²) in [6.45, 7) is 5.00. The smallest absolute Gasteiger partial charge is 0.201 e. The third kappa shape index (κ3) is 3.49. The molecule has 20 heavy (non-hydrogen) atoms. The Hall–Kier alpha value is -1.59. The highest BCUT2D eigenvalue weighted by Gasteiger charge is 2.08. The first-order chi connectivity index (χ1) is 9.74. The van der Waals surface area contributed by atoms with E-state index in [1.807, 2.05) is 6.07 Å². The number of ether oxygens (including phenoxy) is 2. The number of nitrogen functional groups attached to an aromatic ring is 1. The van der Waals surface area contributed by atoms with E-state index in [0.29, 0.717) is 19.2 Å². The molecule has 0 radical (unpaired) electrons. The van der Waals surface area contributed by atoms with E-state index < -0.39 is 0 Å². The fourth-order valence-electron chi connectivity index (χ4n) is 2.26. The lowest BCUT2D eigenvalue weighted by molar-refractivity contribution is 0.0684. The van der Waals surface area contributed by atoms with Crippen LogP contribution in [0.4, 0.5) is 5.95 Å². The van der Waals surface area contributed by atoms with Crippen LogP contribution in [0.15, 0.2) is 18.2 Å². The monoisotopic (exact) mass is 277 g/mol. The molecule has 2 aromatic rings. The van der Waals surface area contributed by atoms with Crippen LogP contribution in [-0.2, 0) is 16.0 Å². The minimum atomic E-state index is 0.592. The molecule has 110 valence electrons. The number of nitrogens with zero attached hydrogens (tertiary/aromatic N) is 2. The Morgan fingerprint density at radius 3 is 2.85 bits per heavy atom. The van der Waals surface area contributed by atoms with Crippen LogP contribution in [0.3, 0.4) is 0 Å². The van der Waals surface area contributed by atoms with Gasteiger partial charge in [0.15, 0.2) is 0 Å². The zero-order valence-electron chi connectivity index (χ0n) is 12.3. The van der Waals surface area contributed by atoms with E-state index in [4.69, 9.17) is 15.2 Å². The van der Waals surface area contributed by atoms with Gasteiger partial charge in [0, 0.05) is 20.3 Å². The van der Waals surface area contributed by atoms with E-state index in [-0.39, 0.29) is 0 Å². The number of aromatic nitrogens is 2. The van der Waals surface area contributed by atoms with Crippen molar-refractivity contribution in [2.45, 2.75) is 26.3 Å². The molecular weight excluding hydrogens is 254 g/mol. The summed E-state index contributed by atoms with van der Waals surface area (Å²) >= 11 is 0. The molecule has 0 unspecified atom stereocenters. The summed E-state index contributed by atoms with van der Waals surface area (Å²) in [7, 11) is 1.68. The summed E-state index contributed by atoms with van der Waals surface area (Å²) in [6.07, 6.45) is 2.03. The summed E-state index contributed by atoms with van der Waals surface area (Å²) in [6, 6.07) is 6.17. The Balaban J connectivity index is 1.87. The summed E-state index contributed by atoms with van der Waals surface area (Å²) in [5.74, 6) is 0.592. The van der Waals surface area contributed by atoms with E-state index in [1.54, 1.807) is 7.11 Å². The predicted octanol–water partition coefficient (Wildman–Crippen LogP) is 2.37. The highest BCUT2D eigenvalue weighted by Crippen LogP contribution is 2.21. The van der Waals surface area contributed by atoms with Crippen molar-refractivity contribution in [2.75, 3.05) is 32.7 Å². The summed E-state index contributed by atoms with van der Waals surface area (Å²) < 4.78 is 12.5. The number of nitrogens with two attached hydrogens (primary N) is 1. The van der Waals surface area contributed by atoms with Crippen LogP contribution in [0.5, 0.6) is 0 Å². The van der Waals surface area contributed by atoms with Gasteiger partial charge < -0.3 is 19.8 Å². The fraction of sp³-hybridized carbons (Fsp3) is 0.533. The number of para-hydroxylation sites is 1. The Bertz CT molecular complexity index is 551. The zero-order chi connectivity index (χ0) is 14.4. The number of rotatable bonds is 8. The number of methoxy groups -OCH3 is 1. The highest BCUT2D eigenvalue weighted by molar-refractivity contribution is 5.81. The molecule has 0 atom stereocenters. The Morgan fingerprint density at radius 2 is 2.05 bits per heavy atom. The van der Waals surface area contributed by atoms with Gasteiger partial charge in [-0.1, -0.05) is 12.1 Å². The van der Waals surface area contributed by atoms with Gasteiger partial charge in [-0.05, 0) is 31.4 Å². The third-order valence-corrected chi connectivity index (χ3v) is 3.36. The zero-order valence-corrected chi connectivity index (χ0v) is 12.3. The SMILES string of the molecule is COCCOCCCCn1c(N)nc2c(C)cccc21. The molecule has 0 fully saturated rings. The van der Waals surface area contributed by atoms with Crippen molar-refractivity contribution < 1.29 is 9.47 Å².